The van der Waals surface area contributed by atoms with E-state index in [0.717, 1.165) is 43.7 Å². The number of hydrogen-bond donors (Lipinski definition) is 1. The lowest BCUT2D eigenvalue weighted by Crippen LogP contribution is -2.45. The van der Waals surface area contributed by atoms with Crippen molar-refractivity contribution in [1.29, 1.82) is 0 Å². The van der Waals surface area contributed by atoms with Crippen LogP contribution in [-0.4, -0.2) is 37.7 Å². The summed E-state index contributed by atoms with van der Waals surface area (Å²) in [5, 5.41) is 3.67. The van der Waals surface area contributed by atoms with Crippen molar-refractivity contribution in [3.8, 4) is 5.75 Å². The predicted octanol–water partition coefficient (Wildman–Crippen LogP) is 3.79. The van der Waals surface area contributed by atoms with Gasteiger partial charge in [-0.05, 0) is 38.0 Å². The quantitative estimate of drug-likeness (QED) is 0.805. The minimum Gasteiger partial charge on any atom is -0.489 e. The Balaban J connectivity index is 2.32. The Hall–Kier alpha value is -1.10. The average Bonchev–Trinajstić information content (AvgIpc) is 2.49. The Bertz CT molecular complexity index is 506. The molecule has 1 aromatic rings. The number of rotatable bonds is 6. The zero-order chi connectivity index (χ0) is 16.1. The molecular formula is C17H24ClFN2O. The largest absolute Gasteiger partial charge is 0.489 e. The summed E-state index contributed by atoms with van der Waals surface area (Å²) in [6.07, 6.45) is 0.795. The Morgan fingerprint density at radius 3 is 2.68 bits per heavy atom. The van der Waals surface area contributed by atoms with Crippen LogP contribution in [0.5, 0.6) is 5.75 Å². The zero-order valence-electron chi connectivity index (χ0n) is 13.3. The number of piperazine rings is 1. The van der Waals surface area contributed by atoms with Gasteiger partial charge < -0.3 is 10.1 Å². The van der Waals surface area contributed by atoms with E-state index in [0.29, 0.717) is 11.6 Å². The van der Waals surface area contributed by atoms with Crippen LogP contribution in [0, 0.1) is 5.82 Å². The molecule has 1 saturated heterocycles. The normalized spacial score (nSPS) is 17.3. The van der Waals surface area contributed by atoms with Crippen LogP contribution in [0.4, 0.5) is 4.39 Å². The third-order valence-electron chi connectivity index (χ3n) is 3.83. The zero-order valence-corrected chi connectivity index (χ0v) is 14.0. The first-order valence-corrected chi connectivity index (χ1v) is 8.11. The third-order valence-corrected chi connectivity index (χ3v) is 4.11. The summed E-state index contributed by atoms with van der Waals surface area (Å²) in [5.74, 6) is -0.256. The lowest BCUT2D eigenvalue weighted by molar-refractivity contribution is 0.172. The van der Waals surface area contributed by atoms with Crippen molar-refractivity contribution >= 4 is 11.6 Å². The standard InChI is InChI=1S/C17H24ClFN2O/c1-4-22-17-14(18)10-13(11-15(17)19)16(9-12(2)3)21-7-5-20-6-8-21/h10-11,16,20H,2,4-9H2,1,3H3/t16-/m0/s1. The molecule has 0 unspecified atom stereocenters. The highest BCUT2D eigenvalue weighted by atomic mass is 35.5. The number of nitrogens with one attached hydrogen (secondary N) is 1. The highest BCUT2D eigenvalue weighted by Gasteiger charge is 2.24. The van der Waals surface area contributed by atoms with E-state index in [1.807, 2.05) is 19.9 Å². The molecule has 0 bridgehead atoms. The first-order valence-electron chi connectivity index (χ1n) is 7.73. The van der Waals surface area contributed by atoms with Crippen molar-refractivity contribution in [1.82, 2.24) is 10.2 Å². The van der Waals surface area contributed by atoms with Crippen molar-refractivity contribution in [2.45, 2.75) is 26.3 Å². The van der Waals surface area contributed by atoms with Crippen molar-refractivity contribution in [2.24, 2.45) is 0 Å². The molecule has 1 aromatic carbocycles. The number of benzene rings is 1. The average molecular weight is 327 g/mol. The Kier molecular flexibility index (Phi) is 6.24. The first kappa shape index (κ1) is 17.3. The molecule has 1 fully saturated rings. The number of ether oxygens (including phenoxy) is 1. The molecule has 1 atom stereocenters. The maximum Gasteiger partial charge on any atom is 0.173 e. The molecule has 1 aliphatic heterocycles. The second kappa shape index (κ2) is 7.95. The van der Waals surface area contributed by atoms with Gasteiger partial charge in [-0.3, -0.25) is 4.90 Å². The summed E-state index contributed by atoms with van der Waals surface area (Å²) in [7, 11) is 0. The van der Waals surface area contributed by atoms with Crippen molar-refractivity contribution in [2.75, 3.05) is 32.8 Å². The molecule has 0 radical (unpaired) electrons. The van der Waals surface area contributed by atoms with Crippen molar-refractivity contribution in [3.63, 3.8) is 0 Å². The van der Waals surface area contributed by atoms with E-state index in [4.69, 9.17) is 16.3 Å². The topological polar surface area (TPSA) is 24.5 Å². The predicted molar refractivity (Wildman–Crippen MR) is 89.2 cm³/mol. The highest BCUT2D eigenvalue weighted by molar-refractivity contribution is 6.32. The molecule has 1 aliphatic rings. The van der Waals surface area contributed by atoms with Crippen LogP contribution in [0.15, 0.2) is 24.3 Å². The lowest BCUT2D eigenvalue weighted by atomic mass is 9.97. The number of nitrogens with zero attached hydrogens (tertiary/aromatic N) is 1. The second-order valence-corrected chi connectivity index (χ2v) is 6.12. The minimum atomic E-state index is -0.397. The van der Waals surface area contributed by atoms with Gasteiger partial charge in [-0.15, -0.1) is 6.58 Å². The van der Waals surface area contributed by atoms with Gasteiger partial charge in [0.15, 0.2) is 11.6 Å². The van der Waals surface area contributed by atoms with Gasteiger partial charge in [0.2, 0.25) is 0 Å². The summed E-state index contributed by atoms with van der Waals surface area (Å²) in [5.41, 5.74) is 1.96. The highest BCUT2D eigenvalue weighted by Crippen LogP contribution is 2.35. The van der Waals surface area contributed by atoms with E-state index in [9.17, 15) is 4.39 Å². The maximum absolute atomic E-state index is 14.3. The van der Waals surface area contributed by atoms with Crippen molar-refractivity contribution < 1.29 is 9.13 Å². The van der Waals surface area contributed by atoms with Gasteiger partial charge in [-0.1, -0.05) is 17.2 Å². The smallest absolute Gasteiger partial charge is 0.173 e. The molecule has 1 N–H and O–H groups in total. The van der Waals surface area contributed by atoms with Crippen LogP contribution in [0.2, 0.25) is 5.02 Å². The Morgan fingerprint density at radius 1 is 1.45 bits per heavy atom. The molecule has 5 heteroatoms. The molecular weight excluding hydrogens is 303 g/mol. The van der Waals surface area contributed by atoms with E-state index in [2.05, 4.69) is 16.8 Å². The molecule has 0 aromatic heterocycles. The SMILES string of the molecule is C=C(C)C[C@@H](c1cc(F)c(OCC)c(Cl)c1)N1CCNCC1. The Labute approximate surface area is 137 Å². The monoisotopic (exact) mass is 326 g/mol. The van der Waals surface area contributed by atoms with Gasteiger partial charge in [0.25, 0.3) is 0 Å². The van der Waals surface area contributed by atoms with Crippen LogP contribution in [-0.2, 0) is 0 Å². The van der Waals surface area contributed by atoms with Gasteiger partial charge in [0.1, 0.15) is 0 Å². The van der Waals surface area contributed by atoms with Crippen LogP contribution in [0.3, 0.4) is 0 Å². The van der Waals surface area contributed by atoms with E-state index >= 15 is 0 Å². The van der Waals surface area contributed by atoms with E-state index in [1.54, 1.807) is 6.07 Å². The van der Waals surface area contributed by atoms with Gasteiger partial charge in [0, 0.05) is 32.2 Å². The van der Waals surface area contributed by atoms with Gasteiger partial charge >= 0.3 is 0 Å². The molecule has 0 aliphatic carbocycles. The maximum atomic E-state index is 14.3. The molecule has 3 nitrogen and oxygen atoms in total. The van der Waals surface area contributed by atoms with Crippen LogP contribution >= 0.6 is 11.6 Å². The van der Waals surface area contributed by atoms with Gasteiger partial charge in [-0.25, -0.2) is 4.39 Å². The van der Waals surface area contributed by atoms with Crippen LogP contribution < -0.4 is 10.1 Å². The molecule has 0 amide bonds. The lowest BCUT2D eigenvalue weighted by Gasteiger charge is -2.35. The van der Waals surface area contributed by atoms with Gasteiger partial charge in [-0.2, -0.15) is 0 Å². The Morgan fingerprint density at radius 2 is 2.14 bits per heavy atom. The number of hydrogen-bond acceptors (Lipinski definition) is 3. The molecule has 2 rings (SSSR count). The van der Waals surface area contributed by atoms with Crippen LogP contribution in [0.25, 0.3) is 0 Å². The van der Waals surface area contributed by atoms with Crippen LogP contribution in [0.1, 0.15) is 31.9 Å². The molecule has 1 heterocycles. The van der Waals surface area contributed by atoms with E-state index in [-0.39, 0.29) is 11.8 Å². The fraction of sp³-hybridized carbons (Fsp3) is 0.529. The first-order chi connectivity index (χ1) is 10.5. The second-order valence-electron chi connectivity index (χ2n) is 5.71. The minimum absolute atomic E-state index is 0.0993. The summed E-state index contributed by atoms with van der Waals surface area (Å²) in [4.78, 5) is 2.36. The van der Waals surface area contributed by atoms with Gasteiger partial charge in [0.05, 0.1) is 11.6 Å². The molecule has 22 heavy (non-hydrogen) atoms. The summed E-state index contributed by atoms with van der Waals surface area (Å²) < 4.78 is 19.6. The summed E-state index contributed by atoms with van der Waals surface area (Å²) in [6, 6.07) is 3.47. The fourth-order valence-electron chi connectivity index (χ4n) is 2.84. The molecule has 122 valence electrons. The molecule has 0 saturated carbocycles. The fourth-order valence-corrected chi connectivity index (χ4v) is 3.11. The van der Waals surface area contributed by atoms with Crippen molar-refractivity contribution in [3.05, 3.63) is 40.7 Å². The summed E-state index contributed by atoms with van der Waals surface area (Å²) >= 11 is 6.21. The van der Waals surface area contributed by atoms with E-state index in [1.165, 1.54) is 0 Å². The van der Waals surface area contributed by atoms with E-state index < -0.39 is 5.82 Å². The summed E-state index contributed by atoms with van der Waals surface area (Å²) in [6.45, 7) is 12.0. The third kappa shape index (κ3) is 4.22. The molecule has 0 spiro atoms. The number of halogens is 2.